The third-order valence-corrected chi connectivity index (χ3v) is 3.40. The number of likely N-dealkylation sites (N-methyl/N-ethyl adjacent to an activating group) is 1. The average Bonchev–Trinajstić information content (AvgIpc) is 2.40. The van der Waals surface area contributed by atoms with Gasteiger partial charge in [0.25, 0.3) is 0 Å². The minimum Gasteiger partial charge on any atom is -0.465 e. The van der Waals surface area contributed by atoms with Gasteiger partial charge in [-0.2, -0.15) is 0 Å². The molecule has 0 bridgehead atoms. The standard InChI is InChI=1S/C13H25NO4/c1-4-17-12(15)13(2,14-3)7-10-18-11-5-8-16-9-6-11/h11,14H,4-10H2,1-3H3. The molecule has 1 aliphatic heterocycles. The van der Waals surface area contributed by atoms with Crippen LogP contribution in [0.25, 0.3) is 0 Å². The lowest BCUT2D eigenvalue weighted by Crippen LogP contribution is -2.49. The molecule has 106 valence electrons. The first kappa shape index (κ1) is 15.4. The summed E-state index contributed by atoms with van der Waals surface area (Å²) in [7, 11) is 1.77. The third kappa shape index (κ3) is 4.55. The van der Waals surface area contributed by atoms with Gasteiger partial charge in [0.05, 0.1) is 12.7 Å². The zero-order valence-electron chi connectivity index (χ0n) is 11.7. The second kappa shape index (κ2) is 7.71. The third-order valence-electron chi connectivity index (χ3n) is 3.40. The molecule has 0 aromatic heterocycles. The van der Waals surface area contributed by atoms with Crippen molar-refractivity contribution in [1.82, 2.24) is 5.32 Å². The Hall–Kier alpha value is -0.650. The second-order valence-electron chi connectivity index (χ2n) is 4.74. The fraction of sp³-hybridized carbons (Fsp3) is 0.923. The van der Waals surface area contributed by atoms with E-state index in [2.05, 4.69) is 5.32 Å². The van der Waals surface area contributed by atoms with Crippen LogP contribution in [0.3, 0.4) is 0 Å². The highest BCUT2D eigenvalue weighted by Gasteiger charge is 2.32. The van der Waals surface area contributed by atoms with Crippen LogP contribution in [-0.2, 0) is 19.0 Å². The van der Waals surface area contributed by atoms with Gasteiger partial charge in [0.2, 0.25) is 0 Å². The molecule has 5 heteroatoms. The van der Waals surface area contributed by atoms with Crippen molar-refractivity contribution >= 4 is 5.97 Å². The van der Waals surface area contributed by atoms with Gasteiger partial charge in [-0.05, 0) is 40.2 Å². The molecule has 1 fully saturated rings. The molecular formula is C13H25NO4. The molecule has 1 aliphatic rings. The molecule has 1 heterocycles. The Morgan fingerprint density at radius 2 is 2.11 bits per heavy atom. The molecule has 1 atom stereocenters. The van der Waals surface area contributed by atoms with Gasteiger partial charge in [-0.15, -0.1) is 0 Å². The molecule has 0 amide bonds. The highest BCUT2D eigenvalue weighted by molar-refractivity contribution is 5.80. The lowest BCUT2D eigenvalue weighted by atomic mass is 9.99. The van der Waals surface area contributed by atoms with Crippen molar-refractivity contribution in [2.24, 2.45) is 0 Å². The first-order valence-corrected chi connectivity index (χ1v) is 6.68. The topological polar surface area (TPSA) is 56.8 Å². The highest BCUT2D eigenvalue weighted by Crippen LogP contribution is 2.15. The van der Waals surface area contributed by atoms with Crippen molar-refractivity contribution in [3.05, 3.63) is 0 Å². The molecule has 18 heavy (non-hydrogen) atoms. The predicted molar refractivity (Wildman–Crippen MR) is 68.5 cm³/mol. The van der Waals surface area contributed by atoms with Crippen LogP contribution in [0.1, 0.15) is 33.1 Å². The van der Waals surface area contributed by atoms with Crippen LogP contribution < -0.4 is 5.32 Å². The van der Waals surface area contributed by atoms with E-state index in [0.717, 1.165) is 26.1 Å². The van der Waals surface area contributed by atoms with Crippen molar-refractivity contribution in [2.45, 2.75) is 44.8 Å². The summed E-state index contributed by atoms with van der Waals surface area (Å²) >= 11 is 0. The molecule has 0 saturated carbocycles. The summed E-state index contributed by atoms with van der Waals surface area (Å²) in [5.74, 6) is -0.219. The number of nitrogens with one attached hydrogen (secondary N) is 1. The molecule has 1 unspecified atom stereocenters. The Bertz CT molecular complexity index is 253. The van der Waals surface area contributed by atoms with Gasteiger partial charge < -0.3 is 19.5 Å². The number of ether oxygens (including phenoxy) is 3. The molecule has 0 aromatic rings. The molecule has 0 aliphatic carbocycles. The maximum Gasteiger partial charge on any atom is 0.326 e. The largest absolute Gasteiger partial charge is 0.465 e. The summed E-state index contributed by atoms with van der Waals surface area (Å²) in [6.45, 7) is 6.15. The molecule has 1 N–H and O–H groups in total. The lowest BCUT2D eigenvalue weighted by molar-refractivity contribution is -0.151. The fourth-order valence-corrected chi connectivity index (χ4v) is 1.89. The summed E-state index contributed by atoms with van der Waals surface area (Å²) < 4.78 is 16.1. The van der Waals surface area contributed by atoms with Gasteiger partial charge >= 0.3 is 5.97 Å². The van der Waals surface area contributed by atoms with E-state index in [9.17, 15) is 4.79 Å². The average molecular weight is 259 g/mol. The second-order valence-corrected chi connectivity index (χ2v) is 4.74. The number of carbonyl (C=O) groups excluding carboxylic acids is 1. The SMILES string of the molecule is CCOC(=O)C(C)(CCOC1CCOCC1)NC. The number of hydrogen-bond acceptors (Lipinski definition) is 5. The van der Waals surface area contributed by atoms with Crippen molar-refractivity contribution in [3.63, 3.8) is 0 Å². The molecule has 0 radical (unpaired) electrons. The number of carbonyl (C=O) groups is 1. The van der Waals surface area contributed by atoms with Crippen LogP contribution in [0.4, 0.5) is 0 Å². The van der Waals surface area contributed by atoms with E-state index < -0.39 is 5.54 Å². The maximum atomic E-state index is 11.8. The Labute approximate surface area is 109 Å². The number of rotatable bonds is 7. The zero-order chi connectivity index (χ0) is 13.4. The highest BCUT2D eigenvalue weighted by atomic mass is 16.5. The van der Waals surface area contributed by atoms with E-state index in [1.54, 1.807) is 7.05 Å². The van der Waals surface area contributed by atoms with Crippen molar-refractivity contribution in [1.29, 1.82) is 0 Å². The Balaban J connectivity index is 2.31. The van der Waals surface area contributed by atoms with Crippen molar-refractivity contribution < 1.29 is 19.0 Å². The Morgan fingerprint density at radius 1 is 1.44 bits per heavy atom. The van der Waals surface area contributed by atoms with Crippen LogP contribution in [0.2, 0.25) is 0 Å². The van der Waals surface area contributed by atoms with Crippen LogP contribution in [0, 0.1) is 0 Å². The predicted octanol–water partition coefficient (Wildman–Crippen LogP) is 1.11. The van der Waals surface area contributed by atoms with E-state index in [1.807, 2.05) is 13.8 Å². The Morgan fingerprint density at radius 3 is 2.67 bits per heavy atom. The summed E-state index contributed by atoms with van der Waals surface area (Å²) in [6, 6.07) is 0. The lowest BCUT2D eigenvalue weighted by Gasteiger charge is -2.28. The van der Waals surface area contributed by atoms with Gasteiger partial charge in [0.1, 0.15) is 5.54 Å². The summed E-state index contributed by atoms with van der Waals surface area (Å²) in [5.41, 5.74) is -0.665. The Kier molecular flexibility index (Phi) is 6.60. The zero-order valence-corrected chi connectivity index (χ0v) is 11.7. The molecule has 0 spiro atoms. The van der Waals surface area contributed by atoms with E-state index in [4.69, 9.17) is 14.2 Å². The fourth-order valence-electron chi connectivity index (χ4n) is 1.89. The van der Waals surface area contributed by atoms with E-state index in [0.29, 0.717) is 19.6 Å². The summed E-state index contributed by atoms with van der Waals surface area (Å²) in [4.78, 5) is 11.8. The summed E-state index contributed by atoms with van der Waals surface area (Å²) in [5, 5.41) is 3.02. The molecule has 0 aromatic carbocycles. The first-order valence-electron chi connectivity index (χ1n) is 6.68. The molecule has 5 nitrogen and oxygen atoms in total. The van der Waals surface area contributed by atoms with Gasteiger partial charge in [0, 0.05) is 19.8 Å². The van der Waals surface area contributed by atoms with Crippen molar-refractivity contribution in [3.8, 4) is 0 Å². The summed E-state index contributed by atoms with van der Waals surface area (Å²) in [6.07, 6.45) is 2.76. The van der Waals surface area contributed by atoms with Crippen LogP contribution in [0.15, 0.2) is 0 Å². The van der Waals surface area contributed by atoms with E-state index in [-0.39, 0.29) is 12.1 Å². The normalized spacial score (nSPS) is 20.4. The minimum absolute atomic E-state index is 0.219. The first-order chi connectivity index (χ1) is 8.62. The van der Waals surface area contributed by atoms with Gasteiger partial charge in [-0.3, -0.25) is 4.79 Å². The molecular weight excluding hydrogens is 234 g/mol. The number of esters is 1. The van der Waals surface area contributed by atoms with Crippen LogP contribution in [0.5, 0.6) is 0 Å². The van der Waals surface area contributed by atoms with Gasteiger partial charge in [0.15, 0.2) is 0 Å². The minimum atomic E-state index is -0.665. The van der Waals surface area contributed by atoms with Gasteiger partial charge in [-0.1, -0.05) is 0 Å². The monoisotopic (exact) mass is 259 g/mol. The van der Waals surface area contributed by atoms with Gasteiger partial charge in [-0.25, -0.2) is 0 Å². The van der Waals surface area contributed by atoms with Crippen molar-refractivity contribution in [2.75, 3.05) is 33.5 Å². The smallest absolute Gasteiger partial charge is 0.326 e. The van der Waals surface area contributed by atoms with Crippen LogP contribution in [-0.4, -0.2) is 51.1 Å². The number of hydrogen-bond donors (Lipinski definition) is 1. The van der Waals surface area contributed by atoms with E-state index in [1.165, 1.54) is 0 Å². The quantitative estimate of drug-likeness (QED) is 0.694. The molecule has 1 saturated heterocycles. The maximum absolute atomic E-state index is 11.8. The van der Waals surface area contributed by atoms with E-state index >= 15 is 0 Å². The van der Waals surface area contributed by atoms with Crippen LogP contribution >= 0.6 is 0 Å². The molecule has 1 rings (SSSR count).